The predicted octanol–water partition coefficient (Wildman–Crippen LogP) is 2.81. The Morgan fingerprint density at radius 2 is 2.13 bits per heavy atom. The van der Waals surface area contributed by atoms with E-state index in [1.54, 1.807) is 7.05 Å². The Labute approximate surface area is 91.5 Å². The minimum absolute atomic E-state index is 0.356. The fourth-order valence-corrected chi connectivity index (χ4v) is 0.959. The van der Waals surface area contributed by atoms with Crippen molar-refractivity contribution < 1.29 is 9.53 Å². The van der Waals surface area contributed by atoms with E-state index in [-0.39, 0.29) is 0 Å². The molecule has 15 heavy (non-hydrogen) atoms. The van der Waals surface area contributed by atoms with Crippen molar-refractivity contribution in [1.82, 2.24) is 5.32 Å². The van der Waals surface area contributed by atoms with Crippen LogP contribution in [0.25, 0.3) is 0 Å². The third kappa shape index (κ3) is 6.55. The lowest BCUT2D eigenvalue weighted by Gasteiger charge is -2.04. The topological polar surface area (TPSA) is 38.3 Å². The second-order valence-electron chi connectivity index (χ2n) is 2.67. The van der Waals surface area contributed by atoms with E-state index in [1.165, 1.54) is 0 Å². The van der Waals surface area contributed by atoms with Crippen molar-refractivity contribution in [1.29, 1.82) is 0 Å². The predicted molar refractivity (Wildman–Crippen MR) is 62.7 cm³/mol. The first-order valence-corrected chi connectivity index (χ1v) is 5.18. The Morgan fingerprint density at radius 3 is 2.80 bits per heavy atom. The summed E-state index contributed by atoms with van der Waals surface area (Å²) in [5.41, 5.74) is 1.09. The molecule has 0 aromatic heterocycles. The van der Waals surface area contributed by atoms with Crippen molar-refractivity contribution in [2.75, 3.05) is 13.7 Å². The smallest absolute Gasteiger partial charge is 0.407 e. The summed E-state index contributed by atoms with van der Waals surface area (Å²) in [5.74, 6) is 0. The van der Waals surface area contributed by atoms with E-state index in [4.69, 9.17) is 4.74 Å². The molecule has 0 aromatic carbocycles. The maximum atomic E-state index is 10.7. The molecule has 3 nitrogen and oxygen atoms in total. The molecule has 1 N–H and O–H groups in total. The molecule has 84 valence electrons. The Kier molecular flexibility index (Phi) is 8.15. The van der Waals surface area contributed by atoms with Crippen LogP contribution in [0.3, 0.4) is 0 Å². The van der Waals surface area contributed by atoms with E-state index in [0.717, 1.165) is 12.0 Å². The number of carbonyl (C=O) groups excluding carboxylic acids is 1. The van der Waals surface area contributed by atoms with Gasteiger partial charge < -0.3 is 10.1 Å². The molecule has 0 aromatic rings. The molecule has 0 spiro atoms. The fourth-order valence-electron chi connectivity index (χ4n) is 0.959. The van der Waals surface area contributed by atoms with Gasteiger partial charge >= 0.3 is 6.09 Å². The van der Waals surface area contributed by atoms with Crippen LogP contribution >= 0.6 is 0 Å². The minimum atomic E-state index is -0.391. The van der Waals surface area contributed by atoms with Crippen molar-refractivity contribution in [2.24, 2.45) is 0 Å². The van der Waals surface area contributed by atoms with Crippen LogP contribution in [0.4, 0.5) is 4.79 Å². The zero-order valence-corrected chi connectivity index (χ0v) is 9.62. The summed E-state index contributed by atoms with van der Waals surface area (Å²) in [4.78, 5) is 10.7. The molecule has 1 aliphatic rings. The monoisotopic (exact) mass is 209 g/mol. The van der Waals surface area contributed by atoms with Gasteiger partial charge in [-0.05, 0) is 12.0 Å². The number of amides is 1. The number of allylic oxidation sites excluding steroid dienone is 5. The van der Waals surface area contributed by atoms with Gasteiger partial charge in [0.1, 0.15) is 6.61 Å². The van der Waals surface area contributed by atoms with Gasteiger partial charge in [0.05, 0.1) is 0 Å². The molecule has 1 aliphatic carbocycles. The minimum Gasteiger partial charge on any atom is -0.445 e. The van der Waals surface area contributed by atoms with E-state index in [9.17, 15) is 4.79 Å². The molecular formula is C12H19NO2. The highest BCUT2D eigenvalue weighted by atomic mass is 16.5. The maximum Gasteiger partial charge on any atom is 0.407 e. The van der Waals surface area contributed by atoms with Gasteiger partial charge in [0.15, 0.2) is 0 Å². The van der Waals surface area contributed by atoms with Crippen LogP contribution in [0.1, 0.15) is 20.3 Å². The summed E-state index contributed by atoms with van der Waals surface area (Å²) in [7, 11) is 1.55. The average Bonchev–Trinajstić information content (AvgIpc) is 2.57. The average molecular weight is 209 g/mol. The number of rotatable bonds is 2. The maximum absolute atomic E-state index is 10.7. The van der Waals surface area contributed by atoms with Gasteiger partial charge in [0, 0.05) is 7.05 Å². The number of carbonyl (C=O) groups is 1. The first-order chi connectivity index (χ1) is 7.33. The normalized spacial score (nSPS) is 13.1. The standard InChI is InChI=1S/C10H13NO2.C2H6/c1-11-10(12)13-8-9-6-4-2-3-5-7-9;1-2/h2-6H,7-8H2,1H3,(H,11,12);1-2H3. The van der Waals surface area contributed by atoms with Crippen LogP contribution in [0.15, 0.2) is 36.0 Å². The summed E-state index contributed by atoms with van der Waals surface area (Å²) in [5, 5.41) is 2.40. The molecule has 0 fully saturated rings. The number of nitrogens with one attached hydrogen (secondary N) is 1. The molecular weight excluding hydrogens is 190 g/mol. The summed E-state index contributed by atoms with van der Waals surface area (Å²) >= 11 is 0. The van der Waals surface area contributed by atoms with Crippen molar-refractivity contribution in [3.63, 3.8) is 0 Å². The largest absolute Gasteiger partial charge is 0.445 e. The zero-order valence-electron chi connectivity index (χ0n) is 9.62. The fraction of sp³-hybridized carbons (Fsp3) is 0.417. The van der Waals surface area contributed by atoms with Crippen LogP contribution in [0, 0.1) is 0 Å². The molecule has 0 radical (unpaired) electrons. The highest BCUT2D eigenvalue weighted by molar-refractivity contribution is 5.66. The van der Waals surface area contributed by atoms with Crippen LogP contribution in [0.5, 0.6) is 0 Å². The van der Waals surface area contributed by atoms with E-state index in [1.807, 2.05) is 44.2 Å². The highest BCUT2D eigenvalue weighted by Crippen LogP contribution is 2.07. The van der Waals surface area contributed by atoms with Crippen LogP contribution in [-0.4, -0.2) is 19.7 Å². The number of alkyl carbamates (subject to hydrolysis) is 1. The Hall–Kier alpha value is -1.51. The molecule has 0 atom stereocenters. The molecule has 0 heterocycles. The van der Waals surface area contributed by atoms with Crippen LogP contribution in [-0.2, 0) is 4.74 Å². The molecule has 0 aliphatic heterocycles. The van der Waals surface area contributed by atoms with Crippen LogP contribution < -0.4 is 5.32 Å². The van der Waals surface area contributed by atoms with Gasteiger partial charge in [0.2, 0.25) is 0 Å². The number of hydrogen-bond acceptors (Lipinski definition) is 2. The molecule has 0 unspecified atom stereocenters. The van der Waals surface area contributed by atoms with Crippen molar-refractivity contribution in [3.8, 4) is 0 Å². The molecule has 0 saturated heterocycles. The molecule has 0 bridgehead atoms. The van der Waals surface area contributed by atoms with Gasteiger partial charge in [-0.25, -0.2) is 4.79 Å². The van der Waals surface area contributed by atoms with Gasteiger partial charge in [-0.3, -0.25) is 0 Å². The molecule has 1 rings (SSSR count). The molecule has 0 saturated carbocycles. The van der Waals surface area contributed by atoms with Gasteiger partial charge in [-0.2, -0.15) is 0 Å². The van der Waals surface area contributed by atoms with E-state index in [0.29, 0.717) is 6.61 Å². The lowest BCUT2D eigenvalue weighted by atomic mass is 10.2. The van der Waals surface area contributed by atoms with E-state index >= 15 is 0 Å². The van der Waals surface area contributed by atoms with Gasteiger partial charge in [0.25, 0.3) is 0 Å². The Morgan fingerprint density at radius 1 is 1.40 bits per heavy atom. The SMILES string of the molecule is CC.CNC(=O)OCC1=CC=CC=CC1. The first-order valence-electron chi connectivity index (χ1n) is 5.18. The summed E-state index contributed by atoms with van der Waals surface area (Å²) in [6.45, 7) is 4.36. The summed E-state index contributed by atoms with van der Waals surface area (Å²) in [6.07, 6.45) is 10.3. The summed E-state index contributed by atoms with van der Waals surface area (Å²) < 4.78 is 4.90. The third-order valence-electron chi connectivity index (χ3n) is 1.66. The van der Waals surface area contributed by atoms with E-state index in [2.05, 4.69) is 5.32 Å². The Bertz CT molecular complexity index is 265. The first kappa shape index (κ1) is 13.5. The second kappa shape index (κ2) is 9.06. The zero-order chi connectivity index (χ0) is 11.5. The van der Waals surface area contributed by atoms with Crippen molar-refractivity contribution in [3.05, 3.63) is 36.0 Å². The second-order valence-corrected chi connectivity index (χ2v) is 2.67. The molecule has 3 heteroatoms. The van der Waals surface area contributed by atoms with Gasteiger partial charge in [-0.15, -0.1) is 0 Å². The quantitative estimate of drug-likeness (QED) is 0.759. The van der Waals surface area contributed by atoms with E-state index < -0.39 is 6.09 Å². The van der Waals surface area contributed by atoms with Crippen LogP contribution in [0.2, 0.25) is 0 Å². The van der Waals surface area contributed by atoms with Crippen molar-refractivity contribution in [2.45, 2.75) is 20.3 Å². The van der Waals surface area contributed by atoms with Gasteiger partial charge in [-0.1, -0.05) is 44.2 Å². The third-order valence-corrected chi connectivity index (χ3v) is 1.66. The lowest BCUT2D eigenvalue weighted by Crippen LogP contribution is -2.20. The summed E-state index contributed by atoms with van der Waals surface area (Å²) in [6, 6.07) is 0. The Balaban J connectivity index is 0.000000921. The van der Waals surface area contributed by atoms with Crippen molar-refractivity contribution >= 4 is 6.09 Å². The lowest BCUT2D eigenvalue weighted by molar-refractivity contribution is 0.157. The number of hydrogen-bond donors (Lipinski definition) is 1. The number of ether oxygens (including phenoxy) is 1. The highest BCUT2D eigenvalue weighted by Gasteiger charge is 2.00. The molecule has 1 amide bonds.